The van der Waals surface area contributed by atoms with E-state index in [0.29, 0.717) is 12.5 Å². The number of hydrogen-bond donors (Lipinski definition) is 1. The van der Waals surface area contributed by atoms with E-state index in [2.05, 4.69) is 29.3 Å². The molecule has 22 heavy (non-hydrogen) atoms. The highest BCUT2D eigenvalue weighted by atomic mass is 16.2. The first-order valence-corrected chi connectivity index (χ1v) is 8.27. The van der Waals surface area contributed by atoms with Crippen LogP contribution in [0.5, 0.6) is 0 Å². The molecule has 4 nitrogen and oxygen atoms in total. The normalized spacial score (nSPS) is 19.9. The first kappa shape index (κ1) is 17.0. The Bertz CT molecular complexity index is 457. The Morgan fingerprint density at radius 2 is 2.05 bits per heavy atom. The molecule has 0 saturated carbocycles. The fraction of sp³-hybridized carbons (Fsp3) is 0.611. The summed E-state index contributed by atoms with van der Waals surface area (Å²) in [5.74, 6) is 0.853. The van der Waals surface area contributed by atoms with E-state index in [1.807, 2.05) is 37.2 Å². The van der Waals surface area contributed by atoms with E-state index < -0.39 is 0 Å². The van der Waals surface area contributed by atoms with Crippen molar-refractivity contribution < 1.29 is 4.79 Å². The van der Waals surface area contributed by atoms with Gasteiger partial charge in [0.05, 0.1) is 12.6 Å². The largest absolute Gasteiger partial charge is 0.338 e. The lowest BCUT2D eigenvalue weighted by Gasteiger charge is -2.30. The summed E-state index contributed by atoms with van der Waals surface area (Å²) < 4.78 is 0. The summed E-state index contributed by atoms with van der Waals surface area (Å²) in [7, 11) is 3.95. The van der Waals surface area contributed by atoms with Crippen molar-refractivity contribution in [2.24, 2.45) is 5.92 Å². The van der Waals surface area contributed by atoms with Gasteiger partial charge in [0.15, 0.2) is 0 Å². The second kappa shape index (κ2) is 8.30. The molecule has 122 valence electrons. The van der Waals surface area contributed by atoms with Crippen LogP contribution in [0.4, 0.5) is 0 Å². The van der Waals surface area contributed by atoms with Crippen molar-refractivity contribution in [1.82, 2.24) is 15.1 Å². The lowest BCUT2D eigenvalue weighted by atomic mass is 9.99. The Morgan fingerprint density at radius 1 is 1.32 bits per heavy atom. The Kier molecular flexibility index (Phi) is 6.40. The van der Waals surface area contributed by atoms with Crippen LogP contribution in [0.2, 0.25) is 0 Å². The number of nitrogens with zero attached hydrogens (tertiary/aromatic N) is 2. The number of carbonyl (C=O) groups is 1. The molecule has 2 rings (SSSR count). The summed E-state index contributed by atoms with van der Waals surface area (Å²) in [5.41, 5.74) is 1.18. The smallest absolute Gasteiger partial charge is 0.236 e. The summed E-state index contributed by atoms with van der Waals surface area (Å²) in [6.07, 6.45) is 2.51. The van der Waals surface area contributed by atoms with Crippen LogP contribution in [0.1, 0.15) is 31.4 Å². The molecular weight excluding hydrogens is 274 g/mol. The third kappa shape index (κ3) is 4.82. The lowest BCUT2D eigenvalue weighted by molar-refractivity contribution is -0.132. The first-order chi connectivity index (χ1) is 10.6. The van der Waals surface area contributed by atoms with Crippen molar-refractivity contribution in [2.45, 2.75) is 25.8 Å². The van der Waals surface area contributed by atoms with Crippen LogP contribution in [0.15, 0.2) is 30.3 Å². The van der Waals surface area contributed by atoms with Gasteiger partial charge in [0.2, 0.25) is 5.91 Å². The molecule has 0 aromatic heterocycles. The van der Waals surface area contributed by atoms with Crippen LogP contribution in [-0.2, 0) is 4.79 Å². The molecule has 1 aromatic carbocycles. The SMILES string of the molecule is CC(c1ccccc1)N(C)C(=O)CN(C)CC1CCCNC1. The molecule has 1 fully saturated rings. The summed E-state index contributed by atoms with van der Waals surface area (Å²) in [6, 6.07) is 10.3. The number of nitrogens with one attached hydrogen (secondary N) is 1. The van der Waals surface area contributed by atoms with E-state index in [9.17, 15) is 4.79 Å². The second-order valence-electron chi connectivity index (χ2n) is 6.50. The highest BCUT2D eigenvalue weighted by molar-refractivity contribution is 5.78. The average molecular weight is 303 g/mol. The fourth-order valence-corrected chi connectivity index (χ4v) is 3.10. The third-order valence-corrected chi connectivity index (χ3v) is 4.63. The molecule has 1 heterocycles. The van der Waals surface area contributed by atoms with Gasteiger partial charge < -0.3 is 10.2 Å². The van der Waals surface area contributed by atoms with Gasteiger partial charge in [0, 0.05) is 13.6 Å². The lowest BCUT2D eigenvalue weighted by Crippen LogP contribution is -2.42. The van der Waals surface area contributed by atoms with Gasteiger partial charge in [-0.1, -0.05) is 30.3 Å². The zero-order chi connectivity index (χ0) is 15.9. The number of likely N-dealkylation sites (N-methyl/N-ethyl adjacent to an activating group) is 2. The van der Waals surface area contributed by atoms with Crippen molar-refractivity contribution in [1.29, 1.82) is 0 Å². The van der Waals surface area contributed by atoms with Crippen LogP contribution >= 0.6 is 0 Å². The van der Waals surface area contributed by atoms with Gasteiger partial charge in [0.1, 0.15) is 0 Å². The quantitative estimate of drug-likeness (QED) is 0.874. The number of rotatable bonds is 6. The summed E-state index contributed by atoms with van der Waals surface area (Å²) >= 11 is 0. The highest BCUT2D eigenvalue weighted by Gasteiger charge is 2.20. The standard InChI is InChI=1S/C18H29N3O/c1-15(17-9-5-4-6-10-17)21(3)18(22)14-20(2)13-16-8-7-11-19-12-16/h4-6,9-10,15-16,19H,7-8,11-14H2,1-3H3. The van der Waals surface area contributed by atoms with Crippen LogP contribution < -0.4 is 5.32 Å². The van der Waals surface area contributed by atoms with Crippen LogP contribution in [0, 0.1) is 5.92 Å². The molecule has 1 saturated heterocycles. The van der Waals surface area contributed by atoms with Gasteiger partial charge in [0.25, 0.3) is 0 Å². The van der Waals surface area contributed by atoms with Crippen LogP contribution in [0.25, 0.3) is 0 Å². The Labute approximate surface area is 134 Å². The Morgan fingerprint density at radius 3 is 2.68 bits per heavy atom. The zero-order valence-electron chi connectivity index (χ0n) is 14.1. The number of piperidine rings is 1. The third-order valence-electron chi connectivity index (χ3n) is 4.63. The Balaban J connectivity index is 1.82. The maximum atomic E-state index is 12.5. The monoisotopic (exact) mass is 303 g/mol. The van der Waals surface area contributed by atoms with E-state index >= 15 is 0 Å². The first-order valence-electron chi connectivity index (χ1n) is 8.27. The maximum Gasteiger partial charge on any atom is 0.236 e. The molecular formula is C18H29N3O. The minimum Gasteiger partial charge on any atom is -0.338 e. The van der Waals surface area contributed by atoms with E-state index in [-0.39, 0.29) is 11.9 Å². The molecule has 0 aliphatic carbocycles. The summed E-state index contributed by atoms with van der Waals surface area (Å²) in [5, 5.41) is 3.43. The van der Waals surface area contributed by atoms with Crippen LogP contribution in [-0.4, -0.2) is 56.0 Å². The molecule has 1 N–H and O–H groups in total. The van der Waals surface area contributed by atoms with Crippen molar-refractivity contribution in [3.8, 4) is 0 Å². The molecule has 0 bridgehead atoms. The predicted octanol–water partition coefficient (Wildman–Crippen LogP) is 2.14. The van der Waals surface area contributed by atoms with E-state index in [4.69, 9.17) is 0 Å². The average Bonchev–Trinajstić information content (AvgIpc) is 2.55. The summed E-state index contributed by atoms with van der Waals surface area (Å²) in [4.78, 5) is 16.5. The van der Waals surface area contributed by atoms with E-state index in [1.165, 1.54) is 18.4 Å². The molecule has 1 aromatic rings. The van der Waals surface area contributed by atoms with Crippen molar-refractivity contribution in [3.63, 3.8) is 0 Å². The van der Waals surface area contributed by atoms with Crippen molar-refractivity contribution in [2.75, 3.05) is 40.3 Å². The van der Waals surface area contributed by atoms with Crippen LogP contribution in [0.3, 0.4) is 0 Å². The fourth-order valence-electron chi connectivity index (χ4n) is 3.10. The van der Waals surface area contributed by atoms with E-state index in [0.717, 1.165) is 19.6 Å². The molecule has 1 aliphatic heterocycles. The number of amides is 1. The molecule has 1 amide bonds. The maximum absolute atomic E-state index is 12.5. The minimum atomic E-state index is 0.110. The molecule has 0 radical (unpaired) electrons. The molecule has 1 aliphatic rings. The number of benzene rings is 1. The van der Waals surface area contributed by atoms with Gasteiger partial charge >= 0.3 is 0 Å². The molecule has 0 spiro atoms. The molecule has 2 atom stereocenters. The van der Waals surface area contributed by atoms with Gasteiger partial charge in [-0.2, -0.15) is 0 Å². The Hall–Kier alpha value is -1.39. The van der Waals surface area contributed by atoms with Gasteiger partial charge in [-0.25, -0.2) is 0 Å². The highest BCUT2D eigenvalue weighted by Crippen LogP contribution is 2.18. The summed E-state index contributed by atoms with van der Waals surface area (Å²) in [6.45, 7) is 5.78. The van der Waals surface area contributed by atoms with Gasteiger partial charge in [-0.15, -0.1) is 0 Å². The van der Waals surface area contributed by atoms with E-state index in [1.54, 1.807) is 0 Å². The number of carbonyl (C=O) groups excluding carboxylic acids is 1. The predicted molar refractivity (Wildman–Crippen MR) is 90.7 cm³/mol. The van der Waals surface area contributed by atoms with Crippen molar-refractivity contribution in [3.05, 3.63) is 35.9 Å². The second-order valence-corrected chi connectivity index (χ2v) is 6.50. The topological polar surface area (TPSA) is 35.6 Å². The molecule has 4 heteroatoms. The van der Waals surface area contributed by atoms with Crippen molar-refractivity contribution >= 4 is 5.91 Å². The van der Waals surface area contributed by atoms with Gasteiger partial charge in [-0.05, 0) is 51.4 Å². The minimum absolute atomic E-state index is 0.110. The number of hydrogen-bond acceptors (Lipinski definition) is 3. The van der Waals surface area contributed by atoms with Gasteiger partial charge in [-0.3, -0.25) is 9.69 Å². The zero-order valence-corrected chi connectivity index (χ0v) is 14.1. The molecule has 2 unspecified atom stereocenters.